The predicted octanol–water partition coefficient (Wildman–Crippen LogP) is 3.81. The summed E-state index contributed by atoms with van der Waals surface area (Å²) in [5.41, 5.74) is 2.44. The zero-order chi connectivity index (χ0) is 12.3. The predicted molar refractivity (Wildman–Crippen MR) is 76.3 cm³/mol. The highest BCUT2D eigenvalue weighted by Gasteiger charge is 2.01. The van der Waals surface area contributed by atoms with Crippen LogP contribution in [-0.4, -0.2) is 4.98 Å². The van der Waals surface area contributed by atoms with Gasteiger partial charge in [-0.05, 0) is 53.5 Å². The number of aryl methyl sites for hydroxylation is 2. The molecule has 2 rings (SSSR count). The van der Waals surface area contributed by atoms with Crippen LogP contribution in [-0.2, 0) is 13.1 Å². The quantitative estimate of drug-likeness (QED) is 0.869. The Morgan fingerprint density at radius 3 is 2.76 bits per heavy atom. The number of thiophene rings is 1. The van der Waals surface area contributed by atoms with E-state index >= 15 is 0 Å². The van der Waals surface area contributed by atoms with Gasteiger partial charge >= 0.3 is 0 Å². The van der Waals surface area contributed by atoms with Gasteiger partial charge in [0.05, 0.1) is 5.69 Å². The van der Waals surface area contributed by atoms with Crippen molar-refractivity contribution in [3.8, 4) is 0 Å². The number of hydrogen-bond acceptors (Lipinski definition) is 3. The fraction of sp³-hybridized carbons (Fsp3) is 0.308. The molecular weight excluding hydrogens is 296 g/mol. The molecule has 90 valence electrons. The first-order valence-corrected chi connectivity index (χ1v) is 7.14. The lowest BCUT2D eigenvalue weighted by Crippen LogP contribution is -2.12. The van der Waals surface area contributed by atoms with Crippen LogP contribution in [0.25, 0.3) is 0 Å². The molecule has 2 aromatic rings. The summed E-state index contributed by atoms with van der Waals surface area (Å²) in [4.78, 5) is 7.17. The number of nitrogens with zero attached hydrogens (tertiary/aromatic N) is 1. The summed E-state index contributed by atoms with van der Waals surface area (Å²) < 4.78 is 0.889. The van der Waals surface area contributed by atoms with Gasteiger partial charge in [-0.2, -0.15) is 0 Å². The molecular formula is C13H15BrN2S. The molecule has 4 heteroatoms. The number of rotatable bonds is 4. The second-order valence-corrected chi connectivity index (χ2v) is 6.16. The lowest BCUT2D eigenvalue weighted by molar-refractivity contribution is 0.685. The minimum absolute atomic E-state index is 0.801. The van der Waals surface area contributed by atoms with Gasteiger partial charge in [0.25, 0.3) is 0 Å². The molecule has 0 spiro atoms. The maximum absolute atomic E-state index is 4.38. The molecule has 0 fully saturated rings. The molecule has 2 nitrogen and oxygen atoms in total. The fourth-order valence-electron chi connectivity index (χ4n) is 1.60. The first-order chi connectivity index (χ1) is 8.15. The zero-order valence-electron chi connectivity index (χ0n) is 9.96. The molecule has 2 aromatic heterocycles. The molecule has 17 heavy (non-hydrogen) atoms. The van der Waals surface area contributed by atoms with Gasteiger partial charge in [0.1, 0.15) is 4.60 Å². The van der Waals surface area contributed by atoms with Gasteiger partial charge in [0.2, 0.25) is 0 Å². The van der Waals surface area contributed by atoms with E-state index in [0.29, 0.717) is 0 Å². The average molecular weight is 311 g/mol. The largest absolute Gasteiger partial charge is 0.306 e. The third kappa shape index (κ3) is 3.63. The maximum atomic E-state index is 4.38. The number of nitrogens with one attached hydrogen (secondary N) is 1. The van der Waals surface area contributed by atoms with E-state index in [9.17, 15) is 0 Å². The lowest BCUT2D eigenvalue weighted by Gasteiger charge is -2.02. The van der Waals surface area contributed by atoms with Crippen LogP contribution in [0.5, 0.6) is 0 Å². The lowest BCUT2D eigenvalue weighted by atomic mass is 10.3. The maximum Gasteiger partial charge on any atom is 0.106 e. The average Bonchev–Trinajstić information content (AvgIpc) is 2.58. The van der Waals surface area contributed by atoms with E-state index < -0.39 is 0 Å². The first-order valence-electron chi connectivity index (χ1n) is 5.53. The van der Waals surface area contributed by atoms with Crippen molar-refractivity contribution in [2.24, 2.45) is 0 Å². The number of hydrogen-bond donors (Lipinski definition) is 1. The zero-order valence-corrected chi connectivity index (χ0v) is 12.4. The molecule has 0 unspecified atom stereocenters. The highest BCUT2D eigenvalue weighted by molar-refractivity contribution is 9.10. The van der Waals surface area contributed by atoms with Crippen molar-refractivity contribution >= 4 is 27.3 Å². The van der Waals surface area contributed by atoms with Crippen LogP contribution in [0, 0.1) is 13.8 Å². The Morgan fingerprint density at radius 2 is 2.12 bits per heavy atom. The number of pyridine rings is 1. The summed E-state index contributed by atoms with van der Waals surface area (Å²) in [6, 6.07) is 8.23. The molecule has 1 N–H and O–H groups in total. The fourth-order valence-corrected chi connectivity index (χ4v) is 3.00. The van der Waals surface area contributed by atoms with Gasteiger partial charge in [0.15, 0.2) is 0 Å². The van der Waals surface area contributed by atoms with E-state index in [1.165, 1.54) is 15.3 Å². The monoisotopic (exact) mass is 310 g/mol. The normalized spacial score (nSPS) is 10.8. The Labute approximate surface area is 114 Å². The van der Waals surface area contributed by atoms with Crippen LogP contribution in [0.1, 0.15) is 21.0 Å². The summed E-state index contributed by atoms with van der Waals surface area (Å²) in [7, 11) is 0. The standard InChI is InChI=1S/C13H15BrN2S/c1-9-6-12(17-10(9)2)8-15-7-11-4-3-5-13(14)16-11/h3-6,15H,7-8H2,1-2H3. The topological polar surface area (TPSA) is 24.9 Å². The van der Waals surface area contributed by atoms with Gasteiger partial charge in [-0.25, -0.2) is 4.98 Å². The Morgan fingerprint density at radius 1 is 1.29 bits per heavy atom. The molecule has 0 radical (unpaired) electrons. The van der Waals surface area contributed by atoms with Crippen LogP contribution in [0.2, 0.25) is 0 Å². The third-order valence-corrected chi connectivity index (χ3v) is 4.19. The third-order valence-electron chi connectivity index (χ3n) is 2.60. The smallest absolute Gasteiger partial charge is 0.106 e. The van der Waals surface area contributed by atoms with Crippen LogP contribution in [0.3, 0.4) is 0 Å². The SMILES string of the molecule is Cc1cc(CNCc2cccc(Br)n2)sc1C. The van der Waals surface area contributed by atoms with Gasteiger partial charge in [-0.1, -0.05) is 6.07 Å². The van der Waals surface area contributed by atoms with E-state index in [1.54, 1.807) is 0 Å². The number of halogens is 1. The summed E-state index contributed by atoms with van der Waals surface area (Å²) in [5, 5.41) is 3.41. The van der Waals surface area contributed by atoms with E-state index in [1.807, 2.05) is 29.5 Å². The van der Waals surface area contributed by atoms with Crippen LogP contribution >= 0.6 is 27.3 Å². The van der Waals surface area contributed by atoms with E-state index in [-0.39, 0.29) is 0 Å². The van der Waals surface area contributed by atoms with E-state index in [2.05, 4.69) is 46.1 Å². The molecule has 0 aliphatic carbocycles. The Kier molecular flexibility index (Phi) is 4.31. The number of aromatic nitrogens is 1. The highest BCUT2D eigenvalue weighted by Crippen LogP contribution is 2.20. The van der Waals surface area contributed by atoms with Crippen LogP contribution in [0.4, 0.5) is 0 Å². The minimum Gasteiger partial charge on any atom is -0.306 e. The van der Waals surface area contributed by atoms with Crippen molar-refractivity contribution in [2.45, 2.75) is 26.9 Å². The molecule has 0 bridgehead atoms. The van der Waals surface area contributed by atoms with E-state index in [4.69, 9.17) is 0 Å². The molecule has 0 aliphatic heterocycles. The highest BCUT2D eigenvalue weighted by atomic mass is 79.9. The molecule has 0 saturated carbocycles. The molecule has 0 atom stereocenters. The van der Waals surface area contributed by atoms with Gasteiger partial charge in [-0.3, -0.25) is 0 Å². The van der Waals surface area contributed by atoms with E-state index in [0.717, 1.165) is 23.4 Å². The summed E-state index contributed by atoms with van der Waals surface area (Å²) >= 11 is 5.24. The van der Waals surface area contributed by atoms with Gasteiger partial charge in [0, 0.05) is 22.8 Å². The van der Waals surface area contributed by atoms with Crippen LogP contribution in [0.15, 0.2) is 28.9 Å². The van der Waals surface area contributed by atoms with Crippen molar-refractivity contribution in [1.82, 2.24) is 10.3 Å². The summed E-state index contributed by atoms with van der Waals surface area (Å²) in [6.07, 6.45) is 0. The summed E-state index contributed by atoms with van der Waals surface area (Å²) in [6.45, 7) is 6.04. The second kappa shape index (κ2) is 5.76. The van der Waals surface area contributed by atoms with Crippen molar-refractivity contribution < 1.29 is 0 Å². The van der Waals surface area contributed by atoms with Crippen molar-refractivity contribution in [1.29, 1.82) is 0 Å². The molecule has 0 amide bonds. The van der Waals surface area contributed by atoms with Crippen LogP contribution < -0.4 is 5.32 Å². The molecule has 0 aliphatic rings. The molecule has 2 heterocycles. The Balaban J connectivity index is 1.87. The Hall–Kier alpha value is -0.710. The van der Waals surface area contributed by atoms with Gasteiger partial charge in [-0.15, -0.1) is 11.3 Å². The van der Waals surface area contributed by atoms with Crippen molar-refractivity contribution in [3.63, 3.8) is 0 Å². The molecule has 0 aromatic carbocycles. The van der Waals surface area contributed by atoms with Crippen molar-refractivity contribution in [3.05, 3.63) is 49.9 Å². The Bertz CT molecular complexity index is 488. The first kappa shape index (κ1) is 12.7. The van der Waals surface area contributed by atoms with Gasteiger partial charge < -0.3 is 5.32 Å². The van der Waals surface area contributed by atoms with Crippen molar-refractivity contribution in [2.75, 3.05) is 0 Å². The molecule has 0 saturated heterocycles. The second-order valence-electron chi connectivity index (χ2n) is 4.01. The minimum atomic E-state index is 0.801. The summed E-state index contributed by atoms with van der Waals surface area (Å²) in [5.74, 6) is 0.